The number of nitrogens with one attached hydrogen (secondary N) is 1. The van der Waals surface area contributed by atoms with Gasteiger partial charge in [-0.3, -0.25) is 4.68 Å². The normalized spacial score (nSPS) is 27.7. The Hall–Kier alpha value is -0.940. The van der Waals surface area contributed by atoms with Gasteiger partial charge in [-0.1, -0.05) is 13.8 Å². The number of aromatic nitrogens is 3. The lowest BCUT2D eigenvalue weighted by Gasteiger charge is -2.44. The molecule has 1 unspecified atom stereocenters. The maximum absolute atomic E-state index is 6.06. The number of hydrogen-bond acceptors (Lipinski definition) is 4. The van der Waals surface area contributed by atoms with Gasteiger partial charge in [0.1, 0.15) is 12.2 Å². The van der Waals surface area contributed by atoms with Gasteiger partial charge in [-0.05, 0) is 44.6 Å². The van der Waals surface area contributed by atoms with E-state index < -0.39 is 0 Å². The van der Waals surface area contributed by atoms with E-state index in [4.69, 9.17) is 4.74 Å². The molecular formula is C16H30N4O. The fraction of sp³-hybridized carbons (Fsp3) is 0.875. The summed E-state index contributed by atoms with van der Waals surface area (Å²) in [5, 5.41) is 7.90. The number of hydrogen-bond donors (Lipinski definition) is 1. The summed E-state index contributed by atoms with van der Waals surface area (Å²) >= 11 is 0. The van der Waals surface area contributed by atoms with E-state index >= 15 is 0 Å². The first-order valence-electron chi connectivity index (χ1n) is 8.22. The van der Waals surface area contributed by atoms with E-state index in [0.717, 1.165) is 44.0 Å². The van der Waals surface area contributed by atoms with E-state index in [1.165, 1.54) is 12.8 Å². The van der Waals surface area contributed by atoms with Crippen molar-refractivity contribution in [2.75, 3.05) is 13.7 Å². The second kappa shape index (κ2) is 7.36. The number of nitrogens with zero attached hydrogens (tertiary/aromatic N) is 3. The van der Waals surface area contributed by atoms with Crippen LogP contribution in [0.3, 0.4) is 0 Å². The molecule has 5 nitrogen and oxygen atoms in total. The van der Waals surface area contributed by atoms with Crippen molar-refractivity contribution < 1.29 is 4.74 Å². The summed E-state index contributed by atoms with van der Waals surface area (Å²) in [5.41, 5.74) is -0.0619. The quantitative estimate of drug-likeness (QED) is 0.838. The lowest BCUT2D eigenvalue weighted by atomic mass is 9.74. The van der Waals surface area contributed by atoms with Gasteiger partial charge in [0.15, 0.2) is 0 Å². The SMILES string of the molecule is CCCNC(Cc1ncnn1C)C1(OC)CCC(C)CC1. The van der Waals surface area contributed by atoms with Crippen LogP contribution < -0.4 is 5.32 Å². The summed E-state index contributed by atoms with van der Waals surface area (Å²) in [7, 11) is 3.83. The molecule has 1 aromatic heterocycles. The molecule has 1 N–H and O–H groups in total. The Morgan fingerprint density at radius 3 is 2.71 bits per heavy atom. The first kappa shape index (κ1) is 16.4. The van der Waals surface area contributed by atoms with Crippen molar-refractivity contribution in [1.82, 2.24) is 20.1 Å². The molecule has 120 valence electrons. The third-order valence-electron chi connectivity index (χ3n) is 4.99. The largest absolute Gasteiger partial charge is 0.377 e. The van der Waals surface area contributed by atoms with Gasteiger partial charge in [0.25, 0.3) is 0 Å². The molecule has 0 bridgehead atoms. The Morgan fingerprint density at radius 1 is 1.48 bits per heavy atom. The Labute approximate surface area is 128 Å². The Morgan fingerprint density at radius 2 is 2.19 bits per heavy atom. The van der Waals surface area contributed by atoms with Crippen molar-refractivity contribution in [3.05, 3.63) is 12.2 Å². The van der Waals surface area contributed by atoms with E-state index in [2.05, 4.69) is 29.2 Å². The number of ether oxygens (including phenoxy) is 1. The second-order valence-corrected chi connectivity index (χ2v) is 6.46. The lowest BCUT2D eigenvalue weighted by Crippen LogP contribution is -2.55. The van der Waals surface area contributed by atoms with E-state index in [0.29, 0.717) is 6.04 Å². The van der Waals surface area contributed by atoms with Gasteiger partial charge in [0, 0.05) is 26.6 Å². The lowest BCUT2D eigenvalue weighted by molar-refractivity contribution is -0.0750. The van der Waals surface area contributed by atoms with E-state index in [9.17, 15) is 0 Å². The number of methoxy groups -OCH3 is 1. The van der Waals surface area contributed by atoms with Crippen LogP contribution in [0, 0.1) is 5.92 Å². The molecule has 2 rings (SSSR count). The first-order valence-corrected chi connectivity index (χ1v) is 8.22. The average molecular weight is 294 g/mol. The summed E-state index contributed by atoms with van der Waals surface area (Å²) in [4.78, 5) is 4.40. The van der Waals surface area contributed by atoms with Crippen LogP contribution in [0.2, 0.25) is 0 Å². The molecule has 1 fully saturated rings. The number of aryl methyl sites for hydroxylation is 1. The van der Waals surface area contributed by atoms with Crippen LogP contribution in [0.5, 0.6) is 0 Å². The van der Waals surface area contributed by atoms with Crippen molar-refractivity contribution in [2.45, 2.75) is 64.0 Å². The van der Waals surface area contributed by atoms with Gasteiger partial charge in [-0.15, -0.1) is 0 Å². The van der Waals surface area contributed by atoms with E-state index in [-0.39, 0.29) is 5.60 Å². The maximum atomic E-state index is 6.06. The molecule has 1 atom stereocenters. The molecule has 5 heteroatoms. The Balaban J connectivity index is 2.14. The molecule has 21 heavy (non-hydrogen) atoms. The highest BCUT2D eigenvalue weighted by Crippen LogP contribution is 2.37. The van der Waals surface area contributed by atoms with Crippen molar-refractivity contribution >= 4 is 0 Å². The zero-order valence-corrected chi connectivity index (χ0v) is 13.9. The summed E-state index contributed by atoms with van der Waals surface area (Å²) < 4.78 is 7.93. The number of rotatable bonds is 7. The van der Waals surface area contributed by atoms with Gasteiger partial charge < -0.3 is 10.1 Å². The standard InChI is InChI=1S/C16H30N4O/c1-5-10-17-14(11-15-18-12-19-20(15)3)16(21-4)8-6-13(2)7-9-16/h12-14,17H,5-11H2,1-4H3. The summed E-state index contributed by atoms with van der Waals surface area (Å²) in [6.07, 6.45) is 8.39. The molecule has 0 amide bonds. The molecule has 0 saturated heterocycles. The molecule has 1 aliphatic carbocycles. The third kappa shape index (κ3) is 3.83. The Bertz CT molecular complexity index is 424. The zero-order valence-electron chi connectivity index (χ0n) is 13.9. The summed E-state index contributed by atoms with van der Waals surface area (Å²) in [6.45, 7) is 5.56. The highest BCUT2D eigenvalue weighted by molar-refractivity contribution is 5.02. The van der Waals surface area contributed by atoms with Crippen LogP contribution in [-0.4, -0.2) is 40.1 Å². The molecule has 0 spiro atoms. The molecule has 1 heterocycles. The summed E-state index contributed by atoms with van der Waals surface area (Å²) in [5.74, 6) is 1.84. The topological polar surface area (TPSA) is 52.0 Å². The van der Waals surface area contributed by atoms with Crippen molar-refractivity contribution in [3.63, 3.8) is 0 Å². The minimum Gasteiger partial charge on any atom is -0.377 e. The van der Waals surface area contributed by atoms with Gasteiger partial charge >= 0.3 is 0 Å². The summed E-state index contributed by atoms with van der Waals surface area (Å²) in [6, 6.07) is 0.304. The fourth-order valence-electron chi connectivity index (χ4n) is 3.40. The van der Waals surface area contributed by atoms with Gasteiger partial charge in [0.2, 0.25) is 0 Å². The third-order valence-corrected chi connectivity index (χ3v) is 4.99. The van der Waals surface area contributed by atoms with Crippen molar-refractivity contribution in [2.24, 2.45) is 13.0 Å². The second-order valence-electron chi connectivity index (χ2n) is 6.46. The highest BCUT2D eigenvalue weighted by Gasteiger charge is 2.41. The van der Waals surface area contributed by atoms with Crippen molar-refractivity contribution in [1.29, 1.82) is 0 Å². The van der Waals surface area contributed by atoms with Crippen LogP contribution in [-0.2, 0) is 18.2 Å². The molecule has 1 aliphatic rings. The predicted octanol–water partition coefficient (Wildman–Crippen LogP) is 2.32. The van der Waals surface area contributed by atoms with Crippen LogP contribution in [0.15, 0.2) is 6.33 Å². The molecule has 0 aliphatic heterocycles. The fourth-order valence-corrected chi connectivity index (χ4v) is 3.40. The van der Waals surface area contributed by atoms with Crippen LogP contribution in [0.4, 0.5) is 0 Å². The van der Waals surface area contributed by atoms with Gasteiger partial charge in [-0.25, -0.2) is 4.98 Å². The van der Waals surface area contributed by atoms with Crippen LogP contribution >= 0.6 is 0 Å². The molecule has 0 aromatic carbocycles. The monoisotopic (exact) mass is 294 g/mol. The maximum Gasteiger partial charge on any atom is 0.138 e. The minimum atomic E-state index is -0.0619. The molecule has 0 radical (unpaired) electrons. The predicted molar refractivity (Wildman–Crippen MR) is 84.2 cm³/mol. The van der Waals surface area contributed by atoms with Crippen LogP contribution in [0.25, 0.3) is 0 Å². The van der Waals surface area contributed by atoms with E-state index in [1.54, 1.807) is 6.33 Å². The van der Waals surface area contributed by atoms with Crippen LogP contribution in [0.1, 0.15) is 51.8 Å². The van der Waals surface area contributed by atoms with Gasteiger partial charge in [-0.2, -0.15) is 5.10 Å². The first-order chi connectivity index (χ1) is 10.1. The smallest absolute Gasteiger partial charge is 0.138 e. The minimum absolute atomic E-state index is 0.0619. The van der Waals surface area contributed by atoms with Gasteiger partial charge in [0.05, 0.1) is 5.60 Å². The molecule has 1 saturated carbocycles. The molecule has 1 aromatic rings. The zero-order chi connectivity index (χ0) is 15.3. The van der Waals surface area contributed by atoms with Crippen molar-refractivity contribution in [3.8, 4) is 0 Å². The highest BCUT2D eigenvalue weighted by atomic mass is 16.5. The average Bonchev–Trinajstić information content (AvgIpc) is 2.90. The van der Waals surface area contributed by atoms with E-state index in [1.807, 2.05) is 18.8 Å². The molecular weight excluding hydrogens is 264 g/mol. The Kier molecular flexibility index (Phi) is 5.76.